The Morgan fingerprint density at radius 1 is 1.47 bits per heavy atom. The minimum atomic E-state index is 0.622. The molecule has 1 aromatic rings. The number of thiophene rings is 1. The van der Waals surface area contributed by atoms with Crippen LogP contribution in [0.4, 0.5) is 0 Å². The first-order valence-corrected chi connectivity index (χ1v) is 6.70. The smallest absolute Gasteiger partial charge is 0.0328 e. The zero-order chi connectivity index (χ0) is 10.1. The Balaban J connectivity index is 1.61. The largest absolute Gasteiger partial charge is 0.316 e. The van der Waals surface area contributed by atoms with Crippen molar-refractivity contribution in [2.45, 2.75) is 19.4 Å². The quantitative estimate of drug-likeness (QED) is 0.822. The predicted molar refractivity (Wildman–Crippen MR) is 64.1 cm³/mol. The first-order chi connectivity index (χ1) is 7.36. The summed E-state index contributed by atoms with van der Waals surface area (Å²) in [6, 6.07) is 4.41. The Morgan fingerprint density at radius 2 is 2.47 bits per heavy atom. The number of hydrogen-bond donors (Lipinski definition) is 1. The van der Waals surface area contributed by atoms with Crippen LogP contribution in [0.25, 0.3) is 0 Å². The van der Waals surface area contributed by atoms with Gasteiger partial charge >= 0.3 is 0 Å². The number of likely N-dealkylation sites (tertiary alicyclic amines) is 1. The van der Waals surface area contributed by atoms with Gasteiger partial charge in [0.2, 0.25) is 0 Å². The third kappa shape index (κ3) is 1.96. The summed E-state index contributed by atoms with van der Waals surface area (Å²) in [5.74, 6) is 0. The van der Waals surface area contributed by atoms with Gasteiger partial charge in [0.25, 0.3) is 0 Å². The lowest BCUT2D eigenvalue weighted by molar-refractivity contribution is 0.270. The minimum Gasteiger partial charge on any atom is -0.316 e. The molecule has 2 aliphatic heterocycles. The van der Waals surface area contributed by atoms with Gasteiger partial charge in [-0.05, 0) is 42.8 Å². The van der Waals surface area contributed by atoms with Crippen LogP contribution in [0.15, 0.2) is 17.5 Å². The van der Waals surface area contributed by atoms with Crippen molar-refractivity contribution in [2.24, 2.45) is 5.41 Å². The van der Waals surface area contributed by atoms with E-state index in [-0.39, 0.29) is 0 Å². The Bertz CT molecular complexity index is 314. The van der Waals surface area contributed by atoms with Crippen molar-refractivity contribution < 1.29 is 0 Å². The molecule has 2 nitrogen and oxygen atoms in total. The normalized spacial score (nSPS) is 31.7. The predicted octanol–water partition coefficient (Wildman–Crippen LogP) is 1.93. The standard InChI is InChI=1S/C12H18N2S/c1-2-11(15-7-1)8-14-6-4-12(10-14)3-5-13-9-12/h1-2,7,13H,3-6,8-10H2. The van der Waals surface area contributed by atoms with Gasteiger partial charge in [0, 0.05) is 24.5 Å². The van der Waals surface area contributed by atoms with E-state index >= 15 is 0 Å². The zero-order valence-electron chi connectivity index (χ0n) is 9.04. The first kappa shape index (κ1) is 9.82. The lowest BCUT2D eigenvalue weighted by Gasteiger charge is -2.22. The summed E-state index contributed by atoms with van der Waals surface area (Å²) in [6.07, 6.45) is 2.78. The Morgan fingerprint density at radius 3 is 3.20 bits per heavy atom. The highest BCUT2D eigenvalue weighted by Gasteiger charge is 2.39. The summed E-state index contributed by atoms with van der Waals surface area (Å²) in [6.45, 7) is 6.23. The Kier molecular flexibility index (Phi) is 2.54. The van der Waals surface area contributed by atoms with Crippen molar-refractivity contribution in [3.8, 4) is 0 Å². The molecule has 82 valence electrons. The topological polar surface area (TPSA) is 15.3 Å². The molecular weight excluding hydrogens is 204 g/mol. The fourth-order valence-electron chi connectivity index (χ4n) is 2.93. The van der Waals surface area contributed by atoms with E-state index in [0.29, 0.717) is 5.41 Å². The average Bonchev–Trinajstić information content (AvgIpc) is 2.92. The summed E-state index contributed by atoms with van der Waals surface area (Å²) in [7, 11) is 0. The van der Waals surface area contributed by atoms with E-state index in [1.54, 1.807) is 0 Å². The maximum absolute atomic E-state index is 3.51. The van der Waals surface area contributed by atoms with Crippen LogP contribution in [0, 0.1) is 5.41 Å². The second kappa shape index (κ2) is 3.89. The molecule has 1 aromatic heterocycles. The molecule has 0 aliphatic carbocycles. The molecule has 2 saturated heterocycles. The van der Waals surface area contributed by atoms with Gasteiger partial charge in [-0.1, -0.05) is 6.07 Å². The van der Waals surface area contributed by atoms with Crippen LogP contribution in [0.2, 0.25) is 0 Å². The van der Waals surface area contributed by atoms with E-state index in [4.69, 9.17) is 0 Å². The first-order valence-electron chi connectivity index (χ1n) is 5.82. The van der Waals surface area contributed by atoms with Crippen molar-refractivity contribution in [1.29, 1.82) is 0 Å². The fourth-order valence-corrected chi connectivity index (χ4v) is 3.68. The van der Waals surface area contributed by atoms with Crippen LogP contribution in [0.5, 0.6) is 0 Å². The minimum absolute atomic E-state index is 0.622. The summed E-state index contributed by atoms with van der Waals surface area (Å²) in [5, 5.41) is 5.69. The van der Waals surface area contributed by atoms with Crippen molar-refractivity contribution in [3.05, 3.63) is 22.4 Å². The highest BCUT2D eigenvalue weighted by Crippen LogP contribution is 2.36. The molecule has 1 N–H and O–H groups in total. The van der Waals surface area contributed by atoms with Crippen LogP contribution in [0.3, 0.4) is 0 Å². The van der Waals surface area contributed by atoms with E-state index in [9.17, 15) is 0 Å². The number of rotatable bonds is 2. The monoisotopic (exact) mass is 222 g/mol. The van der Waals surface area contributed by atoms with Gasteiger partial charge in [0.1, 0.15) is 0 Å². The summed E-state index contributed by atoms with van der Waals surface area (Å²) in [4.78, 5) is 4.14. The molecule has 0 amide bonds. The van der Waals surface area contributed by atoms with Gasteiger partial charge < -0.3 is 5.32 Å². The Hall–Kier alpha value is -0.380. The summed E-state index contributed by atoms with van der Waals surface area (Å²) < 4.78 is 0. The van der Waals surface area contributed by atoms with Gasteiger partial charge in [-0.25, -0.2) is 0 Å². The number of nitrogens with one attached hydrogen (secondary N) is 1. The van der Waals surface area contributed by atoms with Crippen molar-refractivity contribution in [3.63, 3.8) is 0 Å². The van der Waals surface area contributed by atoms with E-state index < -0.39 is 0 Å². The maximum Gasteiger partial charge on any atom is 0.0328 e. The lowest BCUT2D eigenvalue weighted by atomic mass is 9.87. The summed E-state index contributed by atoms with van der Waals surface area (Å²) >= 11 is 1.88. The summed E-state index contributed by atoms with van der Waals surface area (Å²) in [5.41, 5.74) is 0.622. The molecule has 3 rings (SSSR count). The Labute approximate surface area is 95.3 Å². The van der Waals surface area contributed by atoms with Crippen LogP contribution in [0.1, 0.15) is 17.7 Å². The van der Waals surface area contributed by atoms with E-state index in [2.05, 4.69) is 27.7 Å². The molecule has 0 aromatic carbocycles. The molecule has 1 unspecified atom stereocenters. The van der Waals surface area contributed by atoms with E-state index in [0.717, 1.165) is 0 Å². The van der Waals surface area contributed by atoms with Crippen LogP contribution < -0.4 is 5.32 Å². The van der Waals surface area contributed by atoms with Crippen molar-refractivity contribution in [1.82, 2.24) is 10.2 Å². The second-order valence-electron chi connectivity index (χ2n) is 4.97. The van der Waals surface area contributed by atoms with Gasteiger partial charge in [0.05, 0.1) is 0 Å². The highest BCUT2D eigenvalue weighted by molar-refractivity contribution is 7.09. The molecule has 3 heterocycles. The molecule has 0 radical (unpaired) electrons. The average molecular weight is 222 g/mol. The van der Waals surface area contributed by atoms with Crippen LogP contribution in [-0.4, -0.2) is 31.1 Å². The molecule has 1 atom stereocenters. The molecular formula is C12H18N2S. The maximum atomic E-state index is 3.51. The third-order valence-corrected chi connectivity index (χ3v) is 4.67. The molecule has 15 heavy (non-hydrogen) atoms. The van der Waals surface area contributed by atoms with E-state index in [1.807, 2.05) is 11.3 Å². The second-order valence-corrected chi connectivity index (χ2v) is 6.00. The molecule has 2 aliphatic rings. The molecule has 1 spiro atoms. The SMILES string of the molecule is c1csc(CN2CCC3(CCNC3)C2)c1. The molecule has 3 heteroatoms. The van der Waals surface area contributed by atoms with Gasteiger partial charge in [-0.15, -0.1) is 11.3 Å². The van der Waals surface area contributed by atoms with Gasteiger partial charge in [-0.3, -0.25) is 4.90 Å². The molecule has 2 fully saturated rings. The van der Waals surface area contributed by atoms with Gasteiger partial charge in [0.15, 0.2) is 0 Å². The third-order valence-electron chi connectivity index (χ3n) is 3.81. The zero-order valence-corrected chi connectivity index (χ0v) is 9.85. The highest BCUT2D eigenvalue weighted by atomic mass is 32.1. The fraction of sp³-hybridized carbons (Fsp3) is 0.667. The van der Waals surface area contributed by atoms with Crippen molar-refractivity contribution >= 4 is 11.3 Å². The van der Waals surface area contributed by atoms with E-state index in [1.165, 1.54) is 50.4 Å². The van der Waals surface area contributed by atoms with Crippen molar-refractivity contribution in [2.75, 3.05) is 26.2 Å². The number of nitrogens with zero attached hydrogens (tertiary/aromatic N) is 1. The molecule has 0 saturated carbocycles. The lowest BCUT2D eigenvalue weighted by Crippen LogP contribution is -2.28. The van der Waals surface area contributed by atoms with Gasteiger partial charge in [-0.2, -0.15) is 0 Å². The van der Waals surface area contributed by atoms with Crippen LogP contribution in [-0.2, 0) is 6.54 Å². The molecule has 0 bridgehead atoms. The van der Waals surface area contributed by atoms with Crippen LogP contribution >= 0.6 is 11.3 Å². The number of hydrogen-bond acceptors (Lipinski definition) is 3.